The summed E-state index contributed by atoms with van der Waals surface area (Å²) in [7, 11) is 0. The molecule has 2 heterocycles. The molecule has 0 aliphatic rings. The van der Waals surface area contributed by atoms with Gasteiger partial charge in [0.15, 0.2) is 5.65 Å². The van der Waals surface area contributed by atoms with Crippen LogP contribution in [0.3, 0.4) is 0 Å². The van der Waals surface area contributed by atoms with Gasteiger partial charge < -0.3 is 0 Å². The number of hydrogen-bond donors (Lipinski definition) is 0. The summed E-state index contributed by atoms with van der Waals surface area (Å²) in [5.41, 5.74) is 1.33. The van der Waals surface area contributed by atoms with Crippen LogP contribution in [0.5, 0.6) is 0 Å². The smallest absolute Gasteiger partial charge is 0.176 e. The Morgan fingerprint density at radius 2 is 2.19 bits per heavy atom. The van der Waals surface area contributed by atoms with Crippen LogP contribution in [0.1, 0.15) is 11.1 Å². The van der Waals surface area contributed by atoms with Crippen LogP contribution in [-0.2, 0) is 6.42 Å². The van der Waals surface area contributed by atoms with Gasteiger partial charge in [-0.15, -0.1) is 11.6 Å². The SMILES string of the molecule is N#Cc1cnn2c(Cl)c(CCCl)c(Cl)nc12. The van der Waals surface area contributed by atoms with Crippen molar-refractivity contribution in [3.63, 3.8) is 0 Å². The molecule has 0 saturated carbocycles. The second-order valence-corrected chi connectivity index (χ2v) is 4.11. The molecule has 82 valence electrons. The van der Waals surface area contributed by atoms with Crippen LogP contribution < -0.4 is 0 Å². The van der Waals surface area contributed by atoms with Gasteiger partial charge in [0, 0.05) is 11.4 Å². The Morgan fingerprint density at radius 1 is 1.44 bits per heavy atom. The monoisotopic (exact) mass is 274 g/mol. The molecule has 2 aromatic heterocycles. The lowest BCUT2D eigenvalue weighted by Crippen LogP contribution is -2.01. The fourth-order valence-electron chi connectivity index (χ4n) is 1.35. The summed E-state index contributed by atoms with van der Waals surface area (Å²) < 4.78 is 1.38. The van der Waals surface area contributed by atoms with Crippen molar-refractivity contribution in [1.82, 2.24) is 14.6 Å². The van der Waals surface area contributed by atoms with E-state index in [0.717, 1.165) is 0 Å². The summed E-state index contributed by atoms with van der Waals surface area (Å²) in [6.45, 7) is 0. The topological polar surface area (TPSA) is 54.0 Å². The van der Waals surface area contributed by atoms with E-state index in [0.29, 0.717) is 34.2 Å². The second-order valence-electron chi connectivity index (χ2n) is 3.02. The number of alkyl halides is 1. The minimum Gasteiger partial charge on any atom is -0.215 e. The van der Waals surface area contributed by atoms with Crippen molar-refractivity contribution in [2.24, 2.45) is 0 Å². The van der Waals surface area contributed by atoms with Gasteiger partial charge in [-0.05, 0) is 6.42 Å². The Bertz CT molecular complexity index is 584. The Morgan fingerprint density at radius 3 is 2.81 bits per heavy atom. The third kappa shape index (κ3) is 1.71. The number of hydrogen-bond acceptors (Lipinski definition) is 3. The third-order valence-corrected chi connectivity index (χ3v) is 2.99. The van der Waals surface area contributed by atoms with E-state index in [-0.39, 0.29) is 5.15 Å². The second kappa shape index (κ2) is 4.46. The van der Waals surface area contributed by atoms with Gasteiger partial charge in [0.1, 0.15) is 21.9 Å². The lowest BCUT2D eigenvalue weighted by atomic mass is 10.2. The summed E-state index contributed by atoms with van der Waals surface area (Å²) in [5, 5.41) is 13.4. The first-order valence-corrected chi connectivity index (χ1v) is 5.65. The lowest BCUT2D eigenvalue weighted by molar-refractivity contribution is 0.913. The molecule has 0 spiro atoms. The van der Waals surface area contributed by atoms with Gasteiger partial charge in [-0.1, -0.05) is 23.2 Å². The molecule has 0 aromatic carbocycles. The van der Waals surface area contributed by atoms with E-state index in [1.54, 1.807) is 0 Å². The molecule has 2 rings (SSSR count). The molecule has 0 aliphatic carbocycles. The standard InChI is InChI=1S/C9H5Cl3N4/c10-2-1-6-7(11)15-9-5(3-13)4-14-16(9)8(6)12/h4H,1-2H2. The number of halogens is 3. The minimum absolute atomic E-state index is 0.259. The van der Waals surface area contributed by atoms with E-state index in [9.17, 15) is 0 Å². The molecule has 0 atom stereocenters. The van der Waals surface area contributed by atoms with Crippen LogP contribution in [0.25, 0.3) is 5.65 Å². The third-order valence-electron chi connectivity index (χ3n) is 2.10. The summed E-state index contributed by atoms with van der Waals surface area (Å²) in [6, 6.07) is 1.97. The Hall–Kier alpha value is -1.02. The van der Waals surface area contributed by atoms with Gasteiger partial charge >= 0.3 is 0 Å². The van der Waals surface area contributed by atoms with E-state index >= 15 is 0 Å². The Labute approximate surface area is 106 Å². The van der Waals surface area contributed by atoms with Crippen LogP contribution in [0.2, 0.25) is 10.3 Å². The lowest BCUT2D eigenvalue weighted by Gasteiger charge is -2.06. The summed E-state index contributed by atoms with van der Waals surface area (Å²) in [4.78, 5) is 4.09. The van der Waals surface area contributed by atoms with Crippen LogP contribution in [0, 0.1) is 11.3 Å². The summed E-state index contributed by atoms with van der Waals surface area (Å²) in [6.07, 6.45) is 1.90. The molecule has 0 fully saturated rings. The van der Waals surface area contributed by atoms with Crippen molar-refractivity contribution in [1.29, 1.82) is 5.26 Å². The predicted octanol–water partition coefficient (Wildman–Crippen LogP) is 2.69. The fraction of sp³-hybridized carbons (Fsp3) is 0.222. The van der Waals surface area contributed by atoms with E-state index in [1.807, 2.05) is 6.07 Å². The summed E-state index contributed by atoms with van der Waals surface area (Å²) in [5.74, 6) is 0.388. The maximum Gasteiger partial charge on any atom is 0.176 e. The molecule has 0 amide bonds. The van der Waals surface area contributed by atoms with Crippen molar-refractivity contribution in [2.75, 3.05) is 5.88 Å². The first-order chi connectivity index (χ1) is 7.69. The zero-order chi connectivity index (χ0) is 11.7. The normalized spacial score (nSPS) is 10.6. The molecular formula is C9H5Cl3N4. The summed E-state index contributed by atoms with van der Waals surface area (Å²) >= 11 is 17.7. The first kappa shape index (κ1) is 11.5. The number of aromatic nitrogens is 3. The molecule has 0 N–H and O–H groups in total. The van der Waals surface area contributed by atoms with E-state index in [1.165, 1.54) is 10.7 Å². The maximum absolute atomic E-state index is 8.83. The molecule has 0 unspecified atom stereocenters. The van der Waals surface area contributed by atoms with Crippen LogP contribution in [-0.4, -0.2) is 20.5 Å². The zero-order valence-corrected chi connectivity index (χ0v) is 10.2. The number of rotatable bonds is 2. The van der Waals surface area contributed by atoms with Gasteiger partial charge in [0.05, 0.1) is 6.20 Å². The van der Waals surface area contributed by atoms with Crippen molar-refractivity contribution in [3.05, 3.63) is 27.6 Å². The molecule has 0 bridgehead atoms. The van der Waals surface area contributed by atoms with Gasteiger partial charge in [-0.25, -0.2) is 9.50 Å². The highest BCUT2D eigenvalue weighted by Gasteiger charge is 2.15. The molecule has 0 aliphatic heterocycles. The van der Waals surface area contributed by atoms with Crippen LogP contribution >= 0.6 is 34.8 Å². The van der Waals surface area contributed by atoms with Crippen molar-refractivity contribution in [2.45, 2.75) is 6.42 Å². The number of nitrogens with zero attached hydrogens (tertiary/aromatic N) is 4. The predicted molar refractivity (Wildman–Crippen MR) is 62.1 cm³/mol. The molecule has 7 heteroatoms. The molecule has 0 saturated heterocycles. The average Bonchev–Trinajstić information content (AvgIpc) is 2.67. The molecule has 2 aromatic rings. The average molecular weight is 276 g/mol. The minimum atomic E-state index is 0.259. The van der Waals surface area contributed by atoms with E-state index in [2.05, 4.69) is 10.1 Å². The number of fused-ring (bicyclic) bond motifs is 1. The van der Waals surface area contributed by atoms with Gasteiger partial charge in [0.2, 0.25) is 0 Å². The van der Waals surface area contributed by atoms with Crippen LogP contribution in [0.4, 0.5) is 0 Å². The number of nitriles is 1. The molecule has 0 radical (unpaired) electrons. The quantitative estimate of drug-likeness (QED) is 0.625. The maximum atomic E-state index is 8.83. The van der Waals surface area contributed by atoms with Gasteiger partial charge in [0.25, 0.3) is 0 Å². The van der Waals surface area contributed by atoms with Crippen molar-refractivity contribution >= 4 is 40.4 Å². The largest absolute Gasteiger partial charge is 0.215 e. The molecule has 4 nitrogen and oxygen atoms in total. The molecule has 16 heavy (non-hydrogen) atoms. The van der Waals surface area contributed by atoms with Gasteiger partial charge in [-0.3, -0.25) is 0 Å². The Kier molecular flexibility index (Phi) is 3.20. The van der Waals surface area contributed by atoms with E-state index in [4.69, 9.17) is 40.1 Å². The van der Waals surface area contributed by atoms with Crippen LogP contribution in [0.15, 0.2) is 6.20 Å². The van der Waals surface area contributed by atoms with Gasteiger partial charge in [-0.2, -0.15) is 10.4 Å². The Balaban J connectivity index is 2.76. The highest BCUT2D eigenvalue weighted by molar-refractivity contribution is 6.35. The highest BCUT2D eigenvalue weighted by atomic mass is 35.5. The zero-order valence-electron chi connectivity index (χ0n) is 7.91. The van der Waals surface area contributed by atoms with E-state index < -0.39 is 0 Å². The molecular weight excluding hydrogens is 270 g/mol. The van der Waals surface area contributed by atoms with Crippen molar-refractivity contribution in [3.8, 4) is 6.07 Å². The van der Waals surface area contributed by atoms with Crippen molar-refractivity contribution < 1.29 is 0 Å². The highest BCUT2D eigenvalue weighted by Crippen LogP contribution is 2.25. The fourth-order valence-corrected chi connectivity index (χ4v) is 2.16. The first-order valence-electron chi connectivity index (χ1n) is 4.36.